The van der Waals surface area contributed by atoms with Crippen LogP contribution in [0.15, 0.2) is 24.3 Å². The molecule has 3 N–H and O–H groups in total. The van der Waals surface area contributed by atoms with E-state index >= 15 is 0 Å². The number of anilines is 2. The minimum absolute atomic E-state index is 0.809. The number of benzene rings is 1. The monoisotopic (exact) mass is 182 g/mol. The SMILES string of the molecule is CSCCNc1cccc(N)c1. The first-order chi connectivity index (χ1) is 5.83. The standard InChI is InChI=1S/C9H14N2S/c1-12-6-5-11-9-4-2-3-8(10)7-9/h2-4,7,11H,5-6,10H2,1H3. The molecule has 1 rings (SSSR count). The van der Waals surface area contributed by atoms with Crippen LogP contribution in [-0.4, -0.2) is 18.6 Å². The molecule has 66 valence electrons. The summed E-state index contributed by atoms with van der Waals surface area (Å²) in [6, 6.07) is 7.81. The first-order valence-electron chi connectivity index (χ1n) is 3.91. The maximum absolute atomic E-state index is 5.62. The van der Waals surface area contributed by atoms with Gasteiger partial charge in [-0.1, -0.05) is 6.07 Å². The van der Waals surface area contributed by atoms with Crippen molar-refractivity contribution < 1.29 is 0 Å². The second kappa shape index (κ2) is 4.93. The van der Waals surface area contributed by atoms with Crippen LogP contribution < -0.4 is 11.1 Å². The van der Waals surface area contributed by atoms with Crippen LogP contribution in [0.5, 0.6) is 0 Å². The van der Waals surface area contributed by atoms with Crippen molar-refractivity contribution in [3.05, 3.63) is 24.3 Å². The van der Waals surface area contributed by atoms with E-state index in [-0.39, 0.29) is 0 Å². The molecule has 0 radical (unpaired) electrons. The molecule has 0 aliphatic rings. The fourth-order valence-corrected chi connectivity index (χ4v) is 1.25. The topological polar surface area (TPSA) is 38.0 Å². The summed E-state index contributed by atoms with van der Waals surface area (Å²) >= 11 is 1.83. The van der Waals surface area contributed by atoms with Crippen molar-refractivity contribution in [3.63, 3.8) is 0 Å². The Balaban J connectivity index is 2.41. The van der Waals surface area contributed by atoms with E-state index in [1.54, 1.807) is 0 Å². The van der Waals surface area contributed by atoms with E-state index in [9.17, 15) is 0 Å². The summed E-state index contributed by atoms with van der Waals surface area (Å²) in [6.07, 6.45) is 2.10. The maximum Gasteiger partial charge on any atom is 0.0361 e. The van der Waals surface area contributed by atoms with E-state index in [0.29, 0.717) is 0 Å². The van der Waals surface area contributed by atoms with E-state index in [4.69, 9.17) is 5.73 Å². The van der Waals surface area contributed by atoms with Crippen LogP contribution in [0.1, 0.15) is 0 Å². The number of thioether (sulfide) groups is 1. The Morgan fingerprint density at radius 2 is 2.33 bits per heavy atom. The molecule has 0 heterocycles. The van der Waals surface area contributed by atoms with Gasteiger partial charge in [-0.2, -0.15) is 11.8 Å². The summed E-state index contributed by atoms with van der Waals surface area (Å²) in [5, 5.41) is 3.29. The lowest BCUT2D eigenvalue weighted by Gasteiger charge is -2.04. The van der Waals surface area contributed by atoms with Gasteiger partial charge in [-0.05, 0) is 24.5 Å². The molecule has 0 fully saturated rings. The largest absolute Gasteiger partial charge is 0.399 e. The van der Waals surface area contributed by atoms with Crippen molar-refractivity contribution in [1.29, 1.82) is 0 Å². The molecule has 0 aliphatic heterocycles. The maximum atomic E-state index is 5.62. The highest BCUT2D eigenvalue weighted by molar-refractivity contribution is 7.98. The van der Waals surface area contributed by atoms with Crippen molar-refractivity contribution in [3.8, 4) is 0 Å². The van der Waals surface area contributed by atoms with Gasteiger partial charge in [0, 0.05) is 23.7 Å². The molecule has 0 saturated carbocycles. The zero-order valence-corrected chi connectivity index (χ0v) is 8.03. The van der Waals surface area contributed by atoms with Crippen molar-refractivity contribution in [2.24, 2.45) is 0 Å². The normalized spacial score (nSPS) is 9.75. The molecular weight excluding hydrogens is 168 g/mol. The third-order valence-corrected chi connectivity index (χ3v) is 2.13. The Morgan fingerprint density at radius 3 is 3.00 bits per heavy atom. The molecule has 0 unspecified atom stereocenters. The quantitative estimate of drug-likeness (QED) is 0.553. The van der Waals surface area contributed by atoms with Crippen molar-refractivity contribution in [2.45, 2.75) is 0 Å². The molecule has 1 aromatic carbocycles. The third kappa shape index (κ3) is 3.05. The van der Waals surface area contributed by atoms with E-state index in [2.05, 4.69) is 11.6 Å². The highest BCUT2D eigenvalue weighted by Crippen LogP contribution is 2.11. The average Bonchev–Trinajstić information content (AvgIpc) is 2.05. The molecule has 0 saturated heterocycles. The van der Waals surface area contributed by atoms with Gasteiger partial charge in [0.2, 0.25) is 0 Å². The molecule has 0 spiro atoms. The Kier molecular flexibility index (Phi) is 3.80. The highest BCUT2D eigenvalue weighted by atomic mass is 32.2. The number of rotatable bonds is 4. The van der Waals surface area contributed by atoms with E-state index in [1.165, 1.54) is 0 Å². The first-order valence-corrected chi connectivity index (χ1v) is 5.30. The van der Waals surface area contributed by atoms with Crippen LogP contribution in [0.2, 0.25) is 0 Å². The van der Waals surface area contributed by atoms with Crippen molar-refractivity contribution >= 4 is 23.1 Å². The smallest absolute Gasteiger partial charge is 0.0361 e. The number of nitrogens with two attached hydrogens (primary N) is 1. The van der Waals surface area contributed by atoms with Gasteiger partial charge in [-0.3, -0.25) is 0 Å². The highest BCUT2D eigenvalue weighted by Gasteiger charge is 1.90. The molecule has 12 heavy (non-hydrogen) atoms. The van der Waals surface area contributed by atoms with E-state index in [0.717, 1.165) is 23.7 Å². The summed E-state index contributed by atoms with van der Waals surface area (Å²) in [5.74, 6) is 1.12. The minimum Gasteiger partial charge on any atom is -0.399 e. The van der Waals surface area contributed by atoms with Gasteiger partial charge < -0.3 is 11.1 Å². The van der Waals surface area contributed by atoms with Gasteiger partial charge in [0.1, 0.15) is 0 Å². The predicted octanol–water partition coefficient (Wildman–Crippen LogP) is 2.04. The van der Waals surface area contributed by atoms with Crippen LogP contribution in [0.25, 0.3) is 0 Å². The van der Waals surface area contributed by atoms with Crippen LogP contribution in [0.3, 0.4) is 0 Å². The van der Waals surface area contributed by atoms with Crippen molar-refractivity contribution in [2.75, 3.05) is 29.6 Å². The van der Waals surface area contributed by atoms with Gasteiger partial charge in [0.15, 0.2) is 0 Å². The molecule has 0 atom stereocenters. The van der Waals surface area contributed by atoms with Crippen LogP contribution >= 0.6 is 11.8 Å². The summed E-state index contributed by atoms with van der Waals surface area (Å²) in [6.45, 7) is 0.991. The second-order valence-electron chi connectivity index (χ2n) is 2.55. The number of hydrogen-bond donors (Lipinski definition) is 2. The number of nitrogens with one attached hydrogen (secondary N) is 1. The Hall–Kier alpha value is -0.830. The summed E-state index contributed by atoms with van der Waals surface area (Å²) < 4.78 is 0. The molecule has 1 aromatic rings. The van der Waals surface area contributed by atoms with Gasteiger partial charge in [-0.15, -0.1) is 0 Å². The molecule has 0 aliphatic carbocycles. The van der Waals surface area contributed by atoms with Crippen LogP contribution in [0.4, 0.5) is 11.4 Å². The zero-order chi connectivity index (χ0) is 8.81. The zero-order valence-electron chi connectivity index (χ0n) is 7.21. The number of nitrogen functional groups attached to an aromatic ring is 1. The van der Waals surface area contributed by atoms with Gasteiger partial charge in [-0.25, -0.2) is 0 Å². The van der Waals surface area contributed by atoms with Gasteiger partial charge in [0.25, 0.3) is 0 Å². The fraction of sp³-hybridized carbons (Fsp3) is 0.333. The third-order valence-electron chi connectivity index (χ3n) is 1.52. The van der Waals surface area contributed by atoms with Crippen molar-refractivity contribution in [1.82, 2.24) is 0 Å². The van der Waals surface area contributed by atoms with Gasteiger partial charge >= 0.3 is 0 Å². The first kappa shape index (κ1) is 9.26. The fourth-order valence-electron chi connectivity index (χ4n) is 0.946. The summed E-state index contributed by atoms with van der Waals surface area (Å²) in [4.78, 5) is 0. The van der Waals surface area contributed by atoms with Gasteiger partial charge in [0.05, 0.1) is 0 Å². The van der Waals surface area contributed by atoms with E-state index in [1.807, 2.05) is 36.0 Å². The molecule has 0 bridgehead atoms. The number of hydrogen-bond acceptors (Lipinski definition) is 3. The summed E-state index contributed by atoms with van der Waals surface area (Å²) in [5.41, 5.74) is 7.53. The molecule has 0 aromatic heterocycles. The Bertz CT molecular complexity index is 238. The molecular formula is C9H14N2S. The molecule has 3 heteroatoms. The predicted molar refractivity (Wildman–Crippen MR) is 57.7 cm³/mol. The van der Waals surface area contributed by atoms with E-state index < -0.39 is 0 Å². The Morgan fingerprint density at radius 1 is 1.50 bits per heavy atom. The lowest BCUT2D eigenvalue weighted by atomic mass is 10.3. The lowest BCUT2D eigenvalue weighted by molar-refractivity contribution is 1.23. The van der Waals surface area contributed by atoms with Crippen LogP contribution in [0, 0.1) is 0 Å². The Labute approximate surface area is 77.5 Å². The molecule has 0 amide bonds. The van der Waals surface area contributed by atoms with Crippen LogP contribution in [-0.2, 0) is 0 Å². The molecule has 2 nitrogen and oxygen atoms in total. The second-order valence-corrected chi connectivity index (χ2v) is 3.53. The summed E-state index contributed by atoms with van der Waals surface area (Å²) in [7, 11) is 0. The lowest BCUT2D eigenvalue weighted by Crippen LogP contribution is -2.03. The average molecular weight is 182 g/mol. The minimum atomic E-state index is 0.809.